The van der Waals surface area contributed by atoms with Crippen LogP contribution in [0, 0.1) is 17.0 Å². The molecule has 1 saturated heterocycles. The Morgan fingerprint density at radius 2 is 1.89 bits per heavy atom. The lowest BCUT2D eigenvalue weighted by Gasteiger charge is -2.37. The third-order valence-electron chi connectivity index (χ3n) is 7.43. The van der Waals surface area contributed by atoms with E-state index in [1.54, 1.807) is 12.3 Å². The minimum Gasteiger partial charge on any atom is -0.450 e. The molecule has 44 heavy (non-hydrogen) atoms. The molecule has 0 atom stereocenters. The summed E-state index contributed by atoms with van der Waals surface area (Å²) < 4.78 is 51.6. The number of halogens is 2. The van der Waals surface area contributed by atoms with Gasteiger partial charge in [-0.25, -0.2) is 18.6 Å². The lowest BCUT2D eigenvalue weighted by molar-refractivity contribution is -0.0974. The Kier molecular flexibility index (Phi) is 9.09. The van der Waals surface area contributed by atoms with Crippen molar-refractivity contribution in [2.45, 2.75) is 59.2 Å². The van der Waals surface area contributed by atoms with Crippen molar-refractivity contribution in [1.82, 2.24) is 24.6 Å². The van der Waals surface area contributed by atoms with E-state index < -0.39 is 31.5 Å². The molecule has 10 nitrogen and oxygen atoms in total. The predicted octanol–water partition coefficient (Wildman–Crippen LogP) is 7.02. The highest BCUT2D eigenvalue weighted by Crippen LogP contribution is 2.40. The number of nitrogens with one attached hydrogen (secondary N) is 2. The number of urea groups is 1. The number of carbonyl (C=O) groups excluding carboxylic acids is 1. The van der Waals surface area contributed by atoms with Crippen molar-refractivity contribution < 1.29 is 27.8 Å². The number of amides is 2. The molecule has 1 aromatic carbocycles. The fourth-order valence-corrected chi connectivity index (χ4v) is 5.66. The average Bonchev–Trinajstić information content (AvgIpc) is 3.56. The summed E-state index contributed by atoms with van der Waals surface area (Å²) in [7, 11) is -1.28. The third kappa shape index (κ3) is 7.11. The van der Waals surface area contributed by atoms with E-state index in [1.165, 1.54) is 6.20 Å². The molecule has 0 aliphatic carbocycles. The van der Waals surface area contributed by atoms with E-state index in [4.69, 9.17) is 14.2 Å². The van der Waals surface area contributed by atoms with Gasteiger partial charge in [-0.1, -0.05) is 26.6 Å². The fourth-order valence-electron chi connectivity index (χ4n) is 4.91. The monoisotopic (exact) mass is 626 g/mol. The van der Waals surface area contributed by atoms with E-state index in [-0.39, 0.29) is 29.6 Å². The van der Waals surface area contributed by atoms with E-state index in [2.05, 4.69) is 40.4 Å². The van der Waals surface area contributed by atoms with Crippen molar-refractivity contribution in [3.63, 3.8) is 0 Å². The third-order valence-corrected chi connectivity index (χ3v) is 9.13. The lowest BCUT2D eigenvalue weighted by atomic mass is 9.89. The van der Waals surface area contributed by atoms with Gasteiger partial charge in [0.15, 0.2) is 17.4 Å². The number of hydrogen-bond acceptors (Lipinski definition) is 6. The SMILES string of the molecule is CC(C)n1nccc1-c1cn(COCC[Si](C)(C)C)c2nccc(Oc3c(F)cc(NC(=O)NCC4(C)COC4)cc3F)c12. The van der Waals surface area contributed by atoms with Gasteiger partial charge >= 0.3 is 6.03 Å². The molecule has 236 valence electrons. The second-order valence-corrected chi connectivity index (χ2v) is 18.7. The highest BCUT2D eigenvalue weighted by atomic mass is 28.3. The van der Waals surface area contributed by atoms with Crippen LogP contribution in [0.5, 0.6) is 11.5 Å². The van der Waals surface area contributed by atoms with Crippen LogP contribution in [0.2, 0.25) is 25.7 Å². The van der Waals surface area contributed by atoms with Crippen molar-refractivity contribution >= 4 is 30.8 Å². The molecule has 0 radical (unpaired) electrons. The molecule has 2 amide bonds. The summed E-state index contributed by atoms with van der Waals surface area (Å²) in [5, 5.41) is 10.2. The van der Waals surface area contributed by atoms with Gasteiger partial charge in [0.1, 0.15) is 18.1 Å². The number of ether oxygens (including phenoxy) is 3. The van der Waals surface area contributed by atoms with E-state index in [1.807, 2.05) is 42.3 Å². The molecule has 0 bridgehead atoms. The molecular formula is C31H40F2N6O4Si. The predicted molar refractivity (Wildman–Crippen MR) is 168 cm³/mol. The number of nitrogens with zero attached hydrogens (tertiary/aromatic N) is 4. The first kappa shape index (κ1) is 31.6. The highest BCUT2D eigenvalue weighted by molar-refractivity contribution is 6.76. The Morgan fingerprint density at radius 1 is 1.16 bits per heavy atom. The normalized spacial score (nSPS) is 14.6. The van der Waals surface area contributed by atoms with Crippen LogP contribution in [0.15, 0.2) is 42.9 Å². The molecule has 5 rings (SSSR count). The number of rotatable bonds is 12. The van der Waals surface area contributed by atoms with Crippen molar-refractivity contribution in [1.29, 1.82) is 0 Å². The maximum atomic E-state index is 15.3. The van der Waals surface area contributed by atoms with Gasteiger partial charge < -0.3 is 29.4 Å². The van der Waals surface area contributed by atoms with Gasteiger partial charge in [-0.3, -0.25) is 4.68 Å². The van der Waals surface area contributed by atoms with Crippen molar-refractivity contribution in [2.24, 2.45) is 5.41 Å². The van der Waals surface area contributed by atoms with Gasteiger partial charge in [-0.15, -0.1) is 0 Å². The Bertz CT molecular complexity index is 1620. The number of aromatic nitrogens is 4. The topological polar surface area (TPSA) is 104 Å². The number of anilines is 1. The van der Waals surface area contributed by atoms with Crippen LogP contribution in [0.4, 0.5) is 19.3 Å². The molecule has 1 aliphatic rings. The molecule has 0 unspecified atom stereocenters. The van der Waals surface area contributed by atoms with E-state index >= 15 is 8.78 Å². The van der Waals surface area contributed by atoms with E-state index in [9.17, 15) is 4.79 Å². The molecule has 13 heteroatoms. The first-order valence-electron chi connectivity index (χ1n) is 14.7. The number of hydrogen-bond donors (Lipinski definition) is 2. The Balaban J connectivity index is 1.44. The summed E-state index contributed by atoms with van der Waals surface area (Å²) in [4.78, 5) is 16.9. The number of carbonyl (C=O) groups is 1. The molecule has 3 aromatic heterocycles. The first-order valence-corrected chi connectivity index (χ1v) is 18.4. The summed E-state index contributed by atoms with van der Waals surface area (Å²) >= 11 is 0. The van der Waals surface area contributed by atoms with Crippen LogP contribution in [0.25, 0.3) is 22.3 Å². The number of pyridine rings is 1. The maximum Gasteiger partial charge on any atom is 0.319 e. The molecule has 0 saturated carbocycles. The quantitative estimate of drug-likeness (QED) is 0.129. The Labute approximate surface area is 256 Å². The average molecular weight is 627 g/mol. The van der Waals surface area contributed by atoms with Gasteiger partial charge in [0.25, 0.3) is 0 Å². The van der Waals surface area contributed by atoms with Crippen LogP contribution in [-0.4, -0.2) is 59.8 Å². The van der Waals surface area contributed by atoms with E-state index in [0.29, 0.717) is 37.4 Å². The standard InChI is InChI=1S/C31H40F2N6O4Si/c1-20(2)39-25(7-10-36-39)22-15-38(19-41-11-12-44(4,5)6)29-27(22)26(8-9-34-29)43-28-23(32)13-21(14-24(28)33)37-30(40)35-16-31(3)17-42-18-31/h7-10,13-15,20H,11-12,16-19H2,1-6H3,(H2,35,37,40). The van der Waals surface area contributed by atoms with Gasteiger partial charge in [0.05, 0.1) is 24.3 Å². The number of benzene rings is 1. The molecule has 1 aliphatic heterocycles. The summed E-state index contributed by atoms with van der Waals surface area (Å²) in [6.45, 7) is 15.2. The summed E-state index contributed by atoms with van der Waals surface area (Å²) in [6, 6.07) is 6.01. The van der Waals surface area contributed by atoms with Gasteiger partial charge in [-0.05, 0) is 32.0 Å². The smallest absolute Gasteiger partial charge is 0.319 e. The maximum absolute atomic E-state index is 15.3. The van der Waals surface area contributed by atoms with Crippen LogP contribution < -0.4 is 15.4 Å². The minimum absolute atomic E-state index is 0.0390. The number of fused-ring (bicyclic) bond motifs is 1. The van der Waals surface area contributed by atoms with Crippen LogP contribution in [-0.2, 0) is 16.2 Å². The highest BCUT2D eigenvalue weighted by Gasteiger charge is 2.33. The van der Waals surface area contributed by atoms with Gasteiger partial charge in [0.2, 0.25) is 0 Å². The minimum atomic E-state index is -1.28. The Hall–Kier alpha value is -3.81. The fraction of sp³-hybridized carbons (Fsp3) is 0.452. The largest absolute Gasteiger partial charge is 0.450 e. The van der Waals surface area contributed by atoms with Gasteiger partial charge in [-0.2, -0.15) is 5.10 Å². The molecule has 1 fully saturated rings. The second-order valence-electron chi connectivity index (χ2n) is 13.1. The first-order chi connectivity index (χ1) is 20.8. The van der Waals surface area contributed by atoms with Crippen LogP contribution in [0.1, 0.15) is 26.8 Å². The van der Waals surface area contributed by atoms with E-state index in [0.717, 1.165) is 29.4 Å². The second kappa shape index (κ2) is 12.7. The molecular weight excluding hydrogens is 586 g/mol. The zero-order valence-electron chi connectivity index (χ0n) is 26.0. The Morgan fingerprint density at radius 3 is 2.52 bits per heavy atom. The van der Waals surface area contributed by atoms with Crippen LogP contribution >= 0.6 is 0 Å². The molecule has 4 heterocycles. The van der Waals surface area contributed by atoms with Crippen molar-refractivity contribution in [3.05, 3.63) is 54.5 Å². The van der Waals surface area contributed by atoms with Crippen LogP contribution in [0.3, 0.4) is 0 Å². The molecule has 0 spiro atoms. The zero-order chi connectivity index (χ0) is 31.6. The summed E-state index contributed by atoms with van der Waals surface area (Å²) in [6.07, 6.45) is 5.15. The van der Waals surface area contributed by atoms with Crippen molar-refractivity contribution in [2.75, 3.05) is 31.7 Å². The van der Waals surface area contributed by atoms with Crippen molar-refractivity contribution in [3.8, 4) is 22.8 Å². The summed E-state index contributed by atoms with van der Waals surface area (Å²) in [5.41, 5.74) is 1.90. The lowest BCUT2D eigenvalue weighted by Crippen LogP contribution is -2.49. The molecule has 2 N–H and O–H groups in total. The van der Waals surface area contributed by atoms with Gasteiger partial charge in [0, 0.05) is 74.7 Å². The zero-order valence-corrected chi connectivity index (χ0v) is 27.0. The summed E-state index contributed by atoms with van der Waals surface area (Å²) in [5.74, 6) is -2.31. The molecule has 4 aromatic rings.